The van der Waals surface area contributed by atoms with Crippen LogP contribution in [0.5, 0.6) is 0 Å². The Bertz CT molecular complexity index is 690. The molecule has 1 aliphatic heterocycles. The Morgan fingerprint density at radius 3 is 2.56 bits per heavy atom. The van der Waals surface area contributed by atoms with Crippen LogP contribution in [0.2, 0.25) is 0 Å². The highest BCUT2D eigenvalue weighted by atomic mass is 32.1. The zero-order valence-electron chi connectivity index (χ0n) is 15.1. The Balaban J connectivity index is 1.53. The maximum absolute atomic E-state index is 12.1. The van der Waals surface area contributed by atoms with E-state index in [9.17, 15) is 4.79 Å². The summed E-state index contributed by atoms with van der Waals surface area (Å²) in [4.78, 5) is 21.1. The number of amides is 1. The first-order valence-corrected chi connectivity index (χ1v) is 9.84. The lowest BCUT2D eigenvalue weighted by Crippen LogP contribution is -2.48. The minimum absolute atomic E-state index is 0.291. The molecule has 1 amide bonds. The molecule has 3 rings (SSSR count). The number of hydrogen-bond donors (Lipinski definition) is 0. The third-order valence-corrected chi connectivity index (χ3v) is 5.40. The van der Waals surface area contributed by atoms with E-state index in [1.54, 1.807) is 0 Å². The Hall–Kier alpha value is -1.95. The summed E-state index contributed by atoms with van der Waals surface area (Å²) in [6.07, 6.45) is 3.50. The molecule has 134 valence electrons. The molecule has 2 heterocycles. The highest BCUT2D eigenvalue weighted by molar-refractivity contribution is 7.09. The first kappa shape index (κ1) is 17.9. The summed E-state index contributed by atoms with van der Waals surface area (Å²) in [5.74, 6) is 1.17. The van der Waals surface area contributed by atoms with Gasteiger partial charge in [0.15, 0.2) is 0 Å². The van der Waals surface area contributed by atoms with Crippen LogP contribution in [-0.2, 0) is 11.2 Å². The highest BCUT2D eigenvalue weighted by Crippen LogP contribution is 2.21. The van der Waals surface area contributed by atoms with Crippen LogP contribution in [0.4, 0.5) is 5.13 Å². The molecule has 1 aromatic carbocycles. The molecule has 0 saturated carbocycles. The highest BCUT2D eigenvalue weighted by Gasteiger charge is 2.22. The van der Waals surface area contributed by atoms with Crippen molar-refractivity contribution in [2.75, 3.05) is 31.1 Å². The lowest BCUT2D eigenvalue weighted by molar-refractivity contribution is -0.131. The summed E-state index contributed by atoms with van der Waals surface area (Å²) in [5.41, 5.74) is 2.50. The minimum Gasteiger partial charge on any atom is -0.343 e. The molecule has 25 heavy (non-hydrogen) atoms. The molecule has 0 radical (unpaired) electrons. The van der Waals surface area contributed by atoms with Crippen molar-refractivity contribution in [1.29, 1.82) is 0 Å². The number of anilines is 1. The van der Waals surface area contributed by atoms with E-state index in [2.05, 4.69) is 47.4 Å². The van der Waals surface area contributed by atoms with Crippen LogP contribution in [0.3, 0.4) is 0 Å². The van der Waals surface area contributed by atoms with E-state index < -0.39 is 0 Å². The topological polar surface area (TPSA) is 49.3 Å². The number of carbonyl (C=O) groups excluding carboxylic acids is 1. The molecule has 0 aliphatic carbocycles. The van der Waals surface area contributed by atoms with Crippen LogP contribution in [-0.4, -0.2) is 46.3 Å². The monoisotopic (exact) mass is 358 g/mol. The van der Waals surface area contributed by atoms with Crippen molar-refractivity contribution >= 4 is 22.6 Å². The summed E-state index contributed by atoms with van der Waals surface area (Å²) in [6, 6.07) is 8.52. The van der Waals surface area contributed by atoms with Crippen LogP contribution < -0.4 is 4.90 Å². The predicted octanol–water partition coefficient (Wildman–Crippen LogP) is 3.28. The second kappa shape index (κ2) is 8.43. The number of benzene rings is 1. The van der Waals surface area contributed by atoms with Crippen LogP contribution in [0.25, 0.3) is 0 Å². The Labute approximate surface area is 153 Å². The molecule has 0 atom stereocenters. The summed E-state index contributed by atoms with van der Waals surface area (Å²) < 4.78 is 4.51. The number of carbonyl (C=O) groups is 1. The normalized spacial score (nSPS) is 14.8. The van der Waals surface area contributed by atoms with Crippen molar-refractivity contribution in [3.05, 3.63) is 41.2 Å². The summed E-state index contributed by atoms with van der Waals surface area (Å²) in [7, 11) is 0. The standard InChI is InChI=1S/C19H26N4OS/c1-3-4-5-18(24)22-10-12-23(13-11-22)19-20-17(21-25-19)14-16-8-6-15(2)7-9-16/h6-9H,3-5,10-14H2,1-2H3. The van der Waals surface area contributed by atoms with E-state index in [1.165, 1.54) is 22.7 Å². The largest absolute Gasteiger partial charge is 0.343 e. The van der Waals surface area contributed by atoms with Gasteiger partial charge in [0.1, 0.15) is 5.82 Å². The number of hydrogen-bond acceptors (Lipinski definition) is 5. The second-order valence-corrected chi connectivity index (χ2v) is 7.36. The molecule has 1 saturated heterocycles. The molecule has 1 aromatic heterocycles. The Morgan fingerprint density at radius 2 is 1.88 bits per heavy atom. The predicted molar refractivity (Wildman–Crippen MR) is 102 cm³/mol. The zero-order chi connectivity index (χ0) is 17.6. The van der Waals surface area contributed by atoms with Crippen molar-refractivity contribution < 1.29 is 4.79 Å². The number of aromatic nitrogens is 2. The van der Waals surface area contributed by atoms with Crippen LogP contribution in [0.1, 0.15) is 43.1 Å². The van der Waals surface area contributed by atoms with Gasteiger partial charge in [-0.2, -0.15) is 4.37 Å². The van der Waals surface area contributed by atoms with Crippen LogP contribution in [0.15, 0.2) is 24.3 Å². The van der Waals surface area contributed by atoms with Gasteiger partial charge in [0.2, 0.25) is 11.0 Å². The van der Waals surface area contributed by atoms with Gasteiger partial charge in [-0.25, -0.2) is 4.98 Å². The summed E-state index contributed by atoms with van der Waals surface area (Å²) in [5, 5.41) is 0.975. The fourth-order valence-electron chi connectivity index (χ4n) is 2.97. The van der Waals surface area contributed by atoms with Gasteiger partial charge in [-0.15, -0.1) is 0 Å². The van der Waals surface area contributed by atoms with Crippen molar-refractivity contribution in [1.82, 2.24) is 14.3 Å². The van der Waals surface area contributed by atoms with Gasteiger partial charge in [0.05, 0.1) is 0 Å². The number of aryl methyl sites for hydroxylation is 1. The van der Waals surface area contributed by atoms with Crippen molar-refractivity contribution in [2.45, 2.75) is 39.5 Å². The molecule has 2 aromatic rings. The van der Waals surface area contributed by atoms with Gasteiger partial charge < -0.3 is 9.80 Å². The molecule has 6 heteroatoms. The van der Waals surface area contributed by atoms with Gasteiger partial charge in [-0.1, -0.05) is 43.2 Å². The van der Waals surface area contributed by atoms with E-state index in [0.29, 0.717) is 12.3 Å². The summed E-state index contributed by atoms with van der Waals surface area (Å²) in [6.45, 7) is 7.48. The van der Waals surface area contributed by atoms with Gasteiger partial charge in [0.25, 0.3) is 0 Å². The molecule has 1 fully saturated rings. The lowest BCUT2D eigenvalue weighted by Gasteiger charge is -2.34. The number of rotatable bonds is 6. The zero-order valence-corrected chi connectivity index (χ0v) is 15.9. The van der Waals surface area contributed by atoms with Crippen molar-refractivity contribution in [2.24, 2.45) is 0 Å². The number of nitrogens with zero attached hydrogens (tertiary/aromatic N) is 4. The molecule has 0 bridgehead atoms. The molecule has 0 N–H and O–H groups in total. The van der Waals surface area contributed by atoms with E-state index >= 15 is 0 Å². The number of piperazine rings is 1. The molecule has 1 aliphatic rings. The average molecular weight is 359 g/mol. The Kier molecular flexibility index (Phi) is 6.02. The van der Waals surface area contributed by atoms with E-state index in [4.69, 9.17) is 4.98 Å². The molecule has 5 nitrogen and oxygen atoms in total. The van der Waals surface area contributed by atoms with Crippen LogP contribution in [0, 0.1) is 6.92 Å². The second-order valence-electron chi connectivity index (χ2n) is 6.63. The molecular weight excluding hydrogens is 332 g/mol. The first-order chi connectivity index (χ1) is 12.2. The fourth-order valence-corrected chi connectivity index (χ4v) is 3.70. The van der Waals surface area contributed by atoms with E-state index in [1.807, 2.05) is 4.90 Å². The average Bonchev–Trinajstić information content (AvgIpc) is 3.10. The first-order valence-electron chi connectivity index (χ1n) is 9.06. The van der Waals surface area contributed by atoms with Crippen LogP contribution >= 0.6 is 11.5 Å². The lowest BCUT2D eigenvalue weighted by atomic mass is 10.1. The quantitative estimate of drug-likeness (QED) is 0.795. The maximum Gasteiger partial charge on any atom is 0.222 e. The molecule has 0 unspecified atom stereocenters. The van der Waals surface area contributed by atoms with Gasteiger partial charge >= 0.3 is 0 Å². The van der Waals surface area contributed by atoms with E-state index in [0.717, 1.165) is 56.4 Å². The summed E-state index contributed by atoms with van der Waals surface area (Å²) >= 11 is 1.46. The van der Waals surface area contributed by atoms with E-state index in [-0.39, 0.29) is 0 Å². The SMILES string of the molecule is CCCCC(=O)N1CCN(c2nc(Cc3ccc(C)cc3)ns2)CC1. The minimum atomic E-state index is 0.291. The molecular formula is C19H26N4OS. The van der Waals surface area contributed by atoms with Gasteiger partial charge in [-0.05, 0) is 18.9 Å². The fraction of sp³-hybridized carbons (Fsp3) is 0.526. The third-order valence-electron chi connectivity index (χ3n) is 4.59. The Morgan fingerprint density at radius 1 is 1.16 bits per heavy atom. The van der Waals surface area contributed by atoms with Gasteiger partial charge in [0, 0.05) is 50.6 Å². The number of unbranched alkanes of at least 4 members (excludes halogenated alkanes) is 1. The van der Waals surface area contributed by atoms with Crippen molar-refractivity contribution in [3.63, 3.8) is 0 Å². The third kappa shape index (κ3) is 4.78. The van der Waals surface area contributed by atoms with Gasteiger partial charge in [-0.3, -0.25) is 4.79 Å². The maximum atomic E-state index is 12.1. The molecule has 0 spiro atoms. The van der Waals surface area contributed by atoms with Crippen molar-refractivity contribution in [3.8, 4) is 0 Å². The smallest absolute Gasteiger partial charge is 0.222 e.